The zero-order valence-electron chi connectivity index (χ0n) is 4.36. The van der Waals surface area contributed by atoms with Gasteiger partial charge in [0.1, 0.15) is 0 Å². The number of hydrogen-bond donors (Lipinski definition) is 0. The fraction of sp³-hybridized carbons (Fsp3) is 0. The molecule has 72 valence electrons. The molecular formula is Br2Cl2N2O4Pt. The molecule has 0 fully saturated rings. The van der Waals surface area contributed by atoms with E-state index < -0.39 is 14.8 Å². The predicted octanol–water partition coefficient (Wildman–Crippen LogP) is 2.52. The summed E-state index contributed by atoms with van der Waals surface area (Å²) in [7, 11) is 3.69. The Morgan fingerprint density at radius 1 is 1.09 bits per heavy atom. The second-order valence-corrected chi connectivity index (χ2v) is 53.3. The second-order valence-electron chi connectivity index (χ2n) is 1.14. The first kappa shape index (κ1) is 12.0. The van der Waals surface area contributed by atoms with E-state index in [-0.39, 0.29) is 0 Å². The zero-order chi connectivity index (χ0) is 9.56. The van der Waals surface area contributed by atoms with Crippen LogP contribution in [0.4, 0.5) is 0 Å². The molecule has 6 nitrogen and oxygen atoms in total. The van der Waals surface area contributed by atoms with Gasteiger partial charge in [-0.05, 0) is 0 Å². The normalized spacial score (nSPS) is 18.2. The van der Waals surface area contributed by atoms with Crippen LogP contribution in [0.5, 0.6) is 0 Å². The van der Waals surface area contributed by atoms with E-state index in [1.807, 2.05) is 0 Å². The van der Waals surface area contributed by atoms with Crippen LogP contribution in [0.1, 0.15) is 0 Å². The standard InChI is InChI=1S/2BrH.2ClH.2NO2.Pt/c;;;;2*2-1-3;/h4*1H;;;/q;;;;;;+4/p-4. The molecule has 0 unspecified atom stereocenters. The molecule has 0 bridgehead atoms. The van der Waals surface area contributed by atoms with Gasteiger partial charge in [0.2, 0.25) is 0 Å². The van der Waals surface area contributed by atoms with Gasteiger partial charge in [0.05, 0.1) is 0 Å². The van der Waals surface area contributed by atoms with Crippen molar-refractivity contribution in [2.75, 3.05) is 0 Å². The Kier molecular flexibility index (Phi) is 2.50. The van der Waals surface area contributed by atoms with E-state index in [0.717, 1.165) is 0 Å². The van der Waals surface area contributed by atoms with Crippen LogP contribution in [0.2, 0.25) is 0 Å². The topological polar surface area (TPSA) is 86.3 Å². The number of nitrogens with zero attached hydrogens (tertiary/aromatic N) is 2. The molecule has 0 rings (SSSR count). The van der Waals surface area contributed by atoms with Gasteiger partial charge in [0.15, 0.2) is 0 Å². The van der Waals surface area contributed by atoms with Crippen LogP contribution in [0.15, 0.2) is 0 Å². The summed E-state index contributed by atoms with van der Waals surface area (Å²) < 4.78 is -2.70. The molecule has 11 heavy (non-hydrogen) atoms. The summed E-state index contributed by atoms with van der Waals surface area (Å²) in [5.41, 5.74) is 0. The number of halogens is 4. The number of hydrogen-bond acceptors (Lipinski definition) is 4. The Bertz CT molecular complexity index is 221. The molecular weight excluding hydrogens is 518 g/mol. The fourth-order valence-electron chi connectivity index (χ4n) is 0.0422. The van der Waals surface area contributed by atoms with E-state index in [1.54, 1.807) is 0 Å². The summed E-state index contributed by atoms with van der Waals surface area (Å²) in [5, 5.41) is 20.4. The van der Waals surface area contributed by atoms with Crippen molar-refractivity contribution in [2.45, 2.75) is 0 Å². The van der Waals surface area contributed by atoms with Crippen molar-refractivity contribution in [3.63, 3.8) is 0 Å². The van der Waals surface area contributed by atoms with Crippen LogP contribution >= 0.6 is 45.4 Å². The average molecular weight is 518 g/mol. The van der Waals surface area contributed by atoms with Gasteiger partial charge in [-0.25, -0.2) is 0 Å². The Morgan fingerprint density at radius 3 is 1.27 bits per heavy atom. The van der Waals surface area contributed by atoms with Gasteiger partial charge in [0.25, 0.3) is 0 Å². The number of nitro groups is 2. The van der Waals surface area contributed by atoms with Gasteiger partial charge in [-0.2, -0.15) is 0 Å². The van der Waals surface area contributed by atoms with Crippen molar-refractivity contribution in [3.8, 4) is 0 Å². The first-order valence-corrected chi connectivity index (χ1v) is 19.1. The van der Waals surface area contributed by atoms with Gasteiger partial charge >= 0.3 is 80.5 Å². The summed E-state index contributed by atoms with van der Waals surface area (Å²) >= 11 is 4.30. The van der Waals surface area contributed by atoms with Crippen molar-refractivity contribution >= 4 is 45.4 Å². The van der Waals surface area contributed by atoms with Gasteiger partial charge in [-0.1, -0.05) is 0 Å². The van der Waals surface area contributed by atoms with Gasteiger partial charge in [-0.3, -0.25) is 0 Å². The van der Waals surface area contributed by atoms with Crippen LogP contribution < -0.4 is 0 Å². The molecule has 0 aliphatic carbocycles. The van der Waals surface area contributed by atoms with E-state index >= 15 is 0 Å². The first-order valence-electron chi connectivity index (χ1n) is 1.49. The Balaban J connectivity index is 5.57. The number of rotatable bonds is 2. The average Bonchev–Trinajstić information content (AvgIpc) is 1.61. The van der Waals surface area contributed by atoms with Gasteiger partial charge < -0.3 is 0 Å². The van der Waals surface area contributed by atoms with Crippen molar-refractivity contribution in [1.82, 2.24) is 0 Å². The van der Waals surface area contributed by atoms with Crippen LogP contribution in [0, 0.1) is 20.2 Å². The third-order valence-electron chi connectivity index (χ3n) is 0.452. The van der Waals surface area contributed by atoms with Crippen molar-refractivity contribution in [1.29, 1.82) is 0 Å². The van der Waals surface area contributed by atoms with Crippen LogP contribution in [0.3, 0.4) is 0 Å². The van der Waals surface area contributed by atoms with Gasteiger partial charge in [-0.15, -0.1) is 0 Å². The van der Waals surface area contributed by atoms with Crippen molar-refractivity contribution < 1.29 is 14.8 Å². The molecule has 0 aromatic heterocycles. The zero-order valence-corrected chi connectivity index (χ0v) is 11.3. The molecule has 0 saturated carbocycles. The van der Waals surface area contributed by atoms with E-state index in [1.165, 1.54) is 0 Å². The van der Waals surface area contributed by atoms with E-state index in [9.17, 15) is 20.2 Å². The van der Waals surface area contributed by atoms with Crippen LogP contribution in [0.25, 0.3) is 0 Å². The maximum atomic E-state index is 10.2. The molecule has 0 aromatic carbocycles. The molecule has 0 aliphatic heterocycles. The third-order valence-corrected chi connectivity index (χ3v) is 12.6. The second kappa shape index (κ2) is 2.29. The summed E-state index contributed by atoms with van der Waals surface area (Å²) in [6, 6.07) is 0. The summed E-state index contributed by atoms with van der Waals surface area (Å²) in [6.07, 6.45) is 0. The monoisotopic (exact) mass is 515 g/mol. The first-order chi connectivity index (χ1) is 4.41. The van der Waals surface area contributed by atoms with E-state index in [0.29, 0.717) is 0 Å². The summed E-state index contributed by atoms with van der Waals surface area (Å²) in [5.74, 6) is 0. The maximum absolute atomic E-state index is 10.2. The van der Waals surface area contributed by atoms with E-state index in [4.69, 9.17) is 18.8 Å². The molecule has 0 atom stereocenters. The van der Waals surface area contributed by atoms with E-state index in [2.05, 4.69) is 26.6 Å². The third kappa shape index (κ3) is 2.03. The van der Waals surface area contributed by atoms with Crippen molar-refractivity contribution in [2.24, 2.45) is 0 Å². The molecule has 0 spiro atoms. The molecule has 0 aliphatic rings. The SMILES string of the molecule is O=[N+]([O-])[Pt]([Cl])([Cl])([Br])([Br])[N+](=O)[O-]. The summed E-state index contributed by atoms with van der Waals surface area (Å²) in [6.45, 7) is 0. The minimum atomic E-state index is -6.51. The molecule has 0 N–H and O–H groups in total. The fourth-order valence-corrected chi connectivity index (χ4v) is 0.345. The molecule has 0 aromatic rings. The molecule has 0 amide bonds. The Morgan fingerprint density at radius 2 is 1.27 bits per heavy atom. The van der Waals surface area contributed by atoms with Crippen LogP contribution in [-0.2, 0) is 7.86 Å². The summed E-state index contributed by atoms with van der Waals surface area (Å²) in [4.78, 5) is 20.4. The molecule has 0 saturated heterocycles. The molecule has 11 heteroatoms. The Labute approximate surface area is 79.7 Å². The predicted molar refractivity (Wildman–Crippen MR) is 43.5 cm³/mol. The van der Waals surface area contributed by atoms with Gasteiger partial charge in [0, 0.05) is 0 Å². The van der Waals surface area contributed by atoms with Crippen LogP contribution in [-0.4, -0.2) is 6.96 Å². The van der Waals surface area contributed by atoms with Crippen molar-refractivity contribution in [3.05, 3.63) is 20.2 Å². The Hall–Kier alpha value is 1.03. The molecule has 0 radical (unpaired) electrons. The minimum absolute atomic E-state index is 1.35. The molecule has 0 heterocycles. The quantitative estimate of drug-likeness (QED) is 0.416.